The molecule has 1 aliphatic carbocycles. The van der Waals surface area contributed by atoms with Crippen molar-refractivity contribution in [3.8, 4) is 0 Å². The number of nitrogens with zero attached hydrogens (tertiary/aromatic N) is 1. The highest BCUT2D eigenvalue weighted by Gasteiger charge is 2.48. The molecule has 0 saturated carbocycles. The molecule has 1 aliphatic heterocycles. The highest BCUT2D eigenvalue weighted by molar-refractivity contribution is 6.49. The van der Waals surface area contributed by atoms with Gasteiger partial charge in [0.1, 0.15) is 5.71 Å². The SMILES string of the molecule is CC(C)C1(O)NC(C(C)(C)C)=C2C=CC(=NO[SiH](C)C)C(Cl)=C21. The highest BCUT2D eigenvalue weighted by Crippen LogP contribution is 2.47. The van der Waals surface area contributed by atoms with E-state index in [9.17, 15) is 5.11 Å². The van der Waals surface area contributed by atoms with Crippen molar-refractivity contribution in [3.05, 3.63) is 34.0 Å². The summed E-state index contributed by atoms with van der Waals surface area (Å²) in [6.07, 6.45) is 3.83. The number of fused-ring (bicyclic) bond motifs is 1. The molecular weight excluding hydrogens is 328 g/mol. The van der Waals surface area contributed by atoms with Crippen LogP contribution in [0.2, 0.25) is 13.1 Å². The third-order valence-corrected chi connectivity index (χ3v) is 4.94. The first kappa shape index (κ1) is 18.3. The monoisotopic (exact) mass is 354 g/mol. The first-order valence-corrected chi connectivity index (χ1v) is 11.2. The predicted molar refractivity (Wildman–Crippen MR) is 98.8 cm³/mol. The van der Waals surface area contributed by atoms with Crippen LogP contribution in [0, 0.1) is 11.3 Å². The number of allylic oxidation sites excluding steroid dienone is 4. The zero-order valence-corrected chi connectivity index (χ0v) is 16.9. The zero-order chi connectivity index (χ0) is 17.6. The second-order valence-electron chi connectivity index (χ2n) is 7.74. The molecule has 0 aromatic rings. The van der Waals surface area contributed by atoms with E-state index in [4.69, 9.17) is 16.1 Å². The average Bonchev–Trinajstić information content (AvgIpc) is 2.73. The Morgan fingerprint density at radius 2 is 1.91 bits per heavy atom. The predicted octanol–water partition coefficient (Wildman–Crippen LogP) is 3.65. The van der Waals surface area contributed by atoms with Crippen molar-refractivity contribution in [1.29, 1.82) is 0 Å². The molecule has 2 rings (SSSR count). The highest BCUT2D eigenvalue weighted by atomic mass is 35.5. The second kappa shape index (κ2) is 6.11. The van der Waals surface area contributed by atoms with E-state index in [0.717, 1.165) is 11.3 Å². The van der Waals surface area contributed by atoms with E-state index in [2.05, 4.69) is 31.2 Å². The normalized spacial score (nSPS) is 26.5. The van der Waals surface area contributed by atoms with E-state index in [1.165, 1.54) is 0 Å². The lowest BCUT2D eigenvalue weighted by atomic mass is 9.84. The van der Waals surface area contributed by atoms with Crippen molar-refractivity contribution in [2.45, 2.75) is 53.4 Å². The molecule has 4 nitrogen and oxygen atoms in total. The Labute approximate surface area is 145 Å². The van der Waals surface area contributed by atoms with Gasteiger partial charge in [-0.05, 0) is 19.2 Å². The summed E-state index contributed by atoms with van der Waals surface area (Å²) in [6.45, 7) is 14.4. The number of halogens is 1. The van der Waals surface area contributed by atoms with E-state index in [0.29, 0.717) is 16.3 Å². The Bertz CT molecular complexity index is 627. The zero-order valence-electron chi connectivity index (χ0n) is 15.0. The first-order valence-electron chi connectivity index (χ1n) is 8.06. The first-order chi connectivity index (χ1) is 10.5. The lowest BCUT2D eigenvalue weighted by Crippen LogP contribution is -2.48. The third kappa shape index (κ3) is 3.27. The Morgan fingerprint density at radius 3 is 2.39 bits per heavy atom. The van der Waals surface area contributed by atoms with Crippen LogP contribution < -0.4 is 5.32 Å². The molecule has 128 valence electrons. The van der Waals surface area contributed by atoms with Crippen LogP contribution in [0.5, 0.6) is 0 Å². The minimum atomic E-state index is -1.28. The number of aliphatic hydroxyl groups is 1. The van der Waals surface area contributed by atoms with Gasteiger partial charge in [-0.25, -0.2) is 0 Å². The van der Waals surface area contributed by atoms with Gasteiger partial charge in [-0.2, -0.15) is 0 Å². The van der Waals surface area contributed by atoms with E-state index in [1.807, 2.05) is 39.1 Å². The number of hydrogen-bond acceptors (Lipinski definition) is 4. The molecule has 23 heavy (non-hydrogen) atoms. The lowest BCUT2D eigenvalue weighted by molar-refractivity contribution is 0.0135. The van der Waals surface area contributed by atoms with Crippen molar-refractivity contribution in [2.75, 3.05) is 0 Å². The lowest BCUT2D eigenvalue weighted by Gasteiger charge is -2.34. The second-order valence-corrected chi connectivity index (χ2v) is 10.4. The van der Waals surface area contributed by atoms with Gasteiger partial charge in [0.05, 0.1) is 5.03 Å². The molecule has 0 aromatic heterocycles. The van der Waals surface area contributed by atoms with Gasteiger partial charge < -0.3 is 15.0 Å². The van der Waals surface area contributed by atoms with Gasteiger partial charge in [0.25, 0.3) is 9.04 Å². The molecule has 2 aliphatic rings. The maximum Gasteiger partial charge on any atom is 0.266 e. The largest absolute Gasteiger partial charge is 0.459 e. The molecule has 6 heteroatoms. The van der Waals surface area contributed by atoms with Crippen molar-refractivity contribution >= 4 is 26.4 Å². The van der Waals surface area contributed by atoms with E-state index in [-0.39, 0.29) is 11.3 Å². The van der Waals surface area contributed by atoms with Gasteiger partial charge in [-0.3, -0.25) is 0 Å². The topological polar surface area (TPSA) is 53.8 Å². The molecular formula is C17H27ClN2O2Si. The van der Waals surface area contributed by atoms with Crippen molar-refractivity contribution in [2.24, 2.45) is 16.5 Å². The van der Waals surface area contributed by atoms with Crippen molar-refractivity contribution < 1.29 is 9.63 Å². The van der Waals surface area contributed by atoms with Crippen molar-refractivity contribution in [3.63, 3.8) is 0 Å². The molecule has 0 fully saturated rings. The van der Waals surface area contributed by atoms with Gasteiger partial charge in [-0.1, -0.05) is 52.3 Å². The van der Waals surface area contributed by atoms with Gasteiger partial charge in [0.2, 0.25) is 0 Å². The molecule has 0 spiro atoms. The molecule has 2 N–H and O–H groups in total. The van der Waals surface area contributed by atoms with Crippen LogP contribution >= 0.6 is 11.6 Å². The van der Waals surface area contributed by atoms with Gasteiger partial charge in [0.15, 0.2) is 5.72 Å². The Kier molecular flexibility index (Phi) is 4.86. The molecule has 0 bridgehead atoms. The molecule has 0 radical (unpaired) electrons. The van der Waals surface area contributed by atoms with Crippen LogP contribution in [0.25, 0.3) is 0 Å². The quantitative estimate of drug-likeness (QED) is 0.600. The number of oxime groups is 1. The van der Waals surface area contributed by atoms with Crippen LogP contribution in [0.15, 0.2) is 39.2 Å². The summed E-state index contributed by atoms with van der Waals surface area (Å²) in [5.74, 6) is -0.0470. The van der Waals surface area contributed by atoms with Crippen LogP contribution in [0.3, 0.4) is 0 Å². The fraction of sp³-hybridized carbons (Fsp3) is 0.588. The Morgan fingerprint density at radius 1 is 1.30 bits per heavy atom. The van der Waals surface area contributed by atoms with Crippen molar-refractivity contribution in [1.82, 2.24) is 5.32 Å². The summed E-state index contributed by atoms with van der Waals surface area (Å²) in [7, 11) is -1.28. The average molecular weight is 355 g/mol. The van der Waals surface area contributed by atoms with E-state index >= 15 is 0 Å². The fourth-order valence-corrected chi connectivity index (χ4v) is 3.39. The fourth-order valence-electron chi connectivity index (χ4n) is 2.72. The number of nitrogens with one attached hydrogen (secondary N) is 1. The molecule has 0 amide bonds. The maximum absolute atomic E-state index is 11.2. The van der Waals surface area contributed by atoms with Gasteiger partial charge in [0, 0.05) is 28.2 Å². The van der Waals surface area contributed by atoms with Gasteiger partial charge >= 0.3 is 0 Å². The van der Waals surface area contributed by atoms with Crippen LogP contribution in [0.1, 0.15) is 34.6 Å². The summed E-state index contributed by atoms with van der Waals surface area (Å²) >= 11 is 6.61. The molecule has 0 aromatic carbocycles. The standard InChI is InChI=1S/C17H27ClN2O2Si/c1-10(2)17(21)13-11(15(19-17)16(3,4)5)8-9-12(14(13)18)20-22-23(6)7/h8-10,19,21,23H,1-7H3. The van der Waals surface area contributed by atoms with Gasteiger partial charge in [-0.15, -0.1) is 5.16 Å². The summed E-state index contributed by atoms with van der Waals surface area (Å²) in [4.78, 5) is 0. The third-order valence-electron chi connectivity index (χ3n) is 4.04. The maximum atomic E-state index is 11.2. The summed E-state index contributed by atoms with van der Waals surface area (Å²) in [5.41, 5.74) is 1.90. The molecule has 0 saturated heterocycles. The smallest absolute Gasteiger partial charge is 0.266 e. The Balaban J connectivity index is 2.61. The molecule has 1 atom stereocenters. The summed E-state index contributed by atoms with van der Waals surface area (Å²) in [6, 6.07) is 0. The summed E-state index contributed by atoms with van der Waals surface area (Å²) in [5, 5.41) is 19.2. The molecule has 1 heterocycles. The Hall–Kier alpha value is -1.04. The van der Waals surface area contributed by atoms with Crippen LogP contribution in [-0.4, -0.2) is 25.6 Å². The van der Waals surface area contributed by atoms with E-state index < -0.39 is 14.8 Å². The minimum Gasteiger partial charge on any atom is -0.459 e. The van der Waals surface area contributed by atoms with Crippen LogP contribution in [-0.2, 0) is 4.53 Å². The summed E-state index contributed by atoms with van der Waals surface area (Å²) < 4.78 is 5.46. The molecule has 1 unspecified atom stereocenters. The number of rotatable bonds is 3. The number of hydrogen-bond donors (Lipinski definition) is 2. The van der Waals surface area contributed by atoms with E-state index in [1.54, 1.807) is 0 Å². The van der Waals surface area contributed by atoms with Crippen LogP contribution in [0.4, 0.5) is 0 Å². The minimum absolute atomic E-state index is 0.0470.